The van der Waals surface area contributed by atoms with Gasteiger partial charge in [-0.15, -0.1) is 0 Å². The number of nitrogens with zero attached hydrogens (tertiary/aromatic N) is 1. The maximum absolute atomic E-state index is 6.23. The van der Waals surface area contributed by atoms with Crippen LogP contribution in [0.25, 0.3) is 0 Å². The smallest absolute Gasteiger partial charge is 0.106 e. The molecule has 0 fully saturated rings. The molecule has 1 nitrogen and oxygen atoms in total. The lowest BCUT2D eigenvalue weighted by atomic mass is 10.1. The molecule has 0 heterocycles. The minimum absolute atomic E-state index is 0. The second-order valence-corrected chi connectivity index (χ2v) is 6.25. The summed E-state index contributed by atoms with van der Waals surface area (Å²) < 4.78 is 0.813. The average molecular weight is 331 g/mol. The summed E-state index contributed by atoms with van der Waals surface area (Å²) in [5.74, 6) is 0. The Morgan fingerprint density at radius 3 is 1.45 bits per heavy atom. The van der Waals surface area contributed by atoms with Gasteiger partial charge in [0.15, 0.2) is 0 Å². The predicted molar refractivity (Wildman–Crippen MR) is 82.4 cm³/mol. The third-order valence-electron chi connectivity index (χ3n) is 3.11. The summed E-state index contributed by atoms with van der Waals surface area (Å²) in [5.41, 5.74) is 2.34. The second kappa shape index (κ2) is 7.33. The maximum Gasteiger partial charge on any atom is 0.106 e. The van der Waals surface area contributed by atoms with Gasteiger partial charge in [0.25, 0.3) is 0 Å². The first kappa shape index (κ1) is 17.3. The number of quaternary nitrogens is 1. The predicted octanol–water partition coefficient (Wildman–Crippen LogP) is 1.77. The lowest BCUT2D eigenvalue weighted by Crippen LogP contribution is -3.00. The van der Waals surface area contributed by atoms with Crippen molar-refractivity contribution in [3.63, 3.8) is 0 Å². The van der Waals surface area contributed by atoms with Crippen LogP contribution in [-0.2, 0) is 13.1 Å². The van der Waals surface area contributed by atoms with E-state index < -0.39 is 0 Å². The summed E-state index contributed by atoms with van der Waals surface area (Å²) in [6.45, 7) is 1.76. The maximum atomic E-state index is 6.23. The zero-order valence-corrected chi connectivity index (χ0v) is 13.9. The normalized spacial score (nSPS) is 11.0. The zero-order chi connectivity index (χ0) is 13.9. The highest BCUT2D eigenvalue weighted by atomic mass is 35.5. The van der Waals surface area contributed by atoms with Crippen molar-refractivity contribution >= 4 is 23.2 Å². The fraction of sp³-hybridized carbons (Fsp3) is 0.250. The van der Waals surface area contributed by atoms with Gasteiger partial charge in [-0.25, -0.2) is 0 Å². The van der Waals surface area contributed by atoms with E-state index in [1.165, 1.54) is 11.1 Å². The van der Waals surface area contributed by atoms with Gasteiger partial charge < -0.3 is 16.9 Å². The summed E-state index contributed by atoms with van der Waals surface area (Å²) in [4.78, 5) is 0. The number of hydrogen-bond acceptors (Lipinski definition) is 0. The van der Waals surface area contributed by atoms with Gasteiger partial charge in [-0.3, -0.25) is 0 Å². The highest BCUT2D eigenvalue weighted by Crippen LogP contribution is 2.23. The molecule has 0 unspecified atom stereocenters. The molecule has 0 saturated heterocycles. The largest absolute Gasteiger partial charge is 1.00 e. The number of benzene rings is 2. The van der Waals surface area contributed by atoms with E-state index in [1.807, 2.05) is 36.4 Å². The number of rotatable bonds is 4. The molecule has 2 rings (SSSR count). The van der Waals surface area contributed by atoms with Crippen molar-refractivity contribution in [3.05, 3.63) is 69.7 Å². The Morgan fingerprint density at radius 1 is 0.750 bits per heavy atom. The Hall–Kier alpha value is -0.730. The summed E-state index contributed by atoms with van der Waals surface area (Å²) in [5, 5.41) is 1.65. The van der Waals surface area contributed by atoms with Crippen molar-refractivity contribution < 1.29 is 16.9 Å². The quantitative estimate of drug-likeness (QED) is 0.750. The van der Waals surface area contributed by atoms with Crippen LogP contribution in [-0.4, -0.2) is 18.6 Å². The van der Waals surface area contributed by atoms with Gasteiger partial charge in [0.1, 0.15) is 13.1 Å². The van der Waals surface area contributed by atoms with Crippen molar-refractivity contribution in [3.8, 4) is 0 Å². The number of halogens is 3. The van der Waals surface area contributed by atoms with Crippen LogP contribution in [0.3, 0.4) is 0 Å². The molecule has 0 aromatic heterocycles. The van der Waals surface area contributed by atoms with Crippen LogP contribution in [0.1, 0.15) is 11.1 Å². The lowest BCUT2D eigenvalue weighted by molar-refractivity contribution is -0.916. The first-order valence-corrected chi connectivity index (χ1v) is 7.02. The van der Waals surface area contributed by atoms with Crippen LogP contribution in [0.15, 0.2) is 48.5 Å². The van der Waals surface area contributed by atoms with Gasteiger partial charge in [0.2, 0.25) is 0 Å². The molecule has 20 heavy (non-hydrogen) atoms. The lowest BCUT2D eigenvalue weighted by Gasteiger charge is -2.30. The minimum atomic E-state index is 0. The first-order chi connectivity index (χ1) is 8.98. The van der Waals surface area contributed by atoms with Gasteiger partial charge in [0, 0.05) is 21.2 Å². The summed E-state index contributed by atoms with van der Waals surface area (Å²) in [6.07, 6.45) is 0. The Kier molecular flexibility index (Phi) is 6.35. The van der Waals surface area contributed by atoms with E-state index in [1.54, 1.807) is 0 Å². The standard InChI is InChI=1S/C16H18Cl2N.ClH/c1-19(2,11-13-7-3-5-9-15(13)17)12-14-8-4-6-10-16(14)18;/h3-10H,11-12H2,1-2H3;1H/q+1;/p-1. The molecule has 0 radical (unpaired) electrons. The van der Waals surface area contributed by atoms with Gasteiger partial charge in [-0.1, -0.05) is 59.6 Å². The monoisotopic (exact) mass is 329 g/mol. The summed E-state index contributed by atoms with van der Waals surface area (Å²) >= 11 is 12.5. The van der Waals surface area contributed by atoms with Gasteiger partial charge in [-0.05, 0) is 12.1 Å². The van der Waals surface area contributed by atoms with E-state index in [0.29, 0.717) is 0 Å². The summed E-state index contributed by atoms with van der Waals surface area (Å²) in [7, 11) is 4.37. The average Bonchev–Trinajstić information content (AvgIpc) is 2.35. The molecule has 108 valence electrons. The zero-order valence-electron chi connectivity index (χ0n) is 11.6. The minimum Gasteiger partial charge on any atom is -1.00 e. The van der Waals surface area contributed by atoms with Crippen LogP contribution in [0.2, 0.25) is 10.0 Å². The summed E-state index contributed by atoms with van der Waals surface area (Å²) in [6, 6.07) is 16.0. The molecule has 0 atom stereocenters. The molecule has 0 aliphatic heterocycles. The van der Waals surface area contributed by atoms with Crippen LogP contribution < -0.4 is 12.4 Å². The van der Waals surface area contributed by atoms with E-state index in [2.05, 4.69) is 26.2 Å². The van der Waals surface area contributed by atoms with E-state index >= 15 is 0 Å². The van der Waals surface area contributed by atoms with Crippen LogP contribution >= 0.6 is 23.2 Å². The Labute approximate surface area is 137 Å². The van der Waals surface area contributed by atoms with Gasteiger partial charge in [0.05, 0.1) is 14.1 Å². The van der Waals surface area contributed by atoms with Gasteiger partial charge in [-0.2, -0.15) is 0 Å². The molecule has 0 aliphatic rings. The van der Waals surface area contributed by atoms with E-state index in [9.17, 15) is 0 Å². The van der Waals surface area contributed by atoms with E-state index in [-0.39, 0.29) is 12.4 Å². The SMILES string of the molecule is C[N+](C)(Cc1ccccc1Cl)Cc1ccccc1Cl.[Cl-]. The molecule has 0 saturated carbocycles. The molecule has 0 amide bonds. The molecular weight excluding hydrogens is 313 g/mol. The molecule has 0 bridgehead atoms. The van der Waals surface area contributed by atoms with Crippen LogP contribution in [0.4, 0.5) is 0 Å². The fourth-order valence-electron chi connectivity index (χ4n) is 2.23. The highest BCUT2D eigenvalue weighted by molar-refractivity contribution is 6.31. The van der Waals surface area contributed by atoms with Crippen molar-refractivity contribution in [2.45, 2.75) is 13.1 Å². The Balaban J connectivity index is 0.00000200. The fourth-order valence-corrected chi connectivity index (χ4v) is 2.62. The molecule has 0 aliphatic carbocycles. The highest BCUT2D eigenvalue weighted by Gasteiger charge is 2.19. The molecule has 4 heteroatoms. The van der Waals surface area contributed by atoms with Crippen LogP contribution in [0, 0.1) is 0 Å². The van der Waals surface area contributed by atoms with Crippen molar-refractivity contribution in [1.29, 1.82) is 0 Å². The third-order valence-corrected chi connectivity index (χ3v) is 3.85. The van der Waals surface area contributed by atoms with E-state index in [4.69, 9.17) is 23.2 Å². The van der Waals surface area contributed by atoms with E-state index in [0.717, 1.165) is 27.6 Å². The third kappa shape index (κ3) is 4.68. The topological polar surface area (TPSA) is 0 Å². The molecule has 0 spiro atoms. The molecular formula is C16H18Cl3N. The number of hydrogen-bond donors (Lipinski definition) is 0. The Morgan fingerprint density at radius 2 is 1.10 bits per heavy atom. The first-order valence-electron chi connectivity index (χ1n) is 6.27. The Bertz CT molecular complexity index is 518. The molecule has 2 aromatic carbocycles. The molecule has 2 aromatic rings. The van der Waals surface area contributed by atoms with Crippen molar-refractivity contribution in [2.24, 2.45) is 0 Å². The molecule has 0 N–H and O–H groups in total. The van der Waals surface area contributed by atoms with Crippen molar-refractivity contribution in [2.75, 3.05) is 14.1 Å². The second-order valence-electron chi connectivity index (χ2n) is 5.43. The van der Waals surface area contributed by atoms with Crippen molar-refractivity contribution in [1.82, 2.24) is 0 Å². The van der Waals surface area contributed by atoms with Crippen LogP contribution in [0.5, 0.6) is 0 Å². The van der Waals surface area contributed by atoms with Gasteiger partial charge >= 0.3 is 0 Å².